The van der Waals surface area contributed by atoms with Crippen molar-refractivity contribution >= 4 is 21.9 Å². The van der Waals surface area contributed by atoms with Crippen LogP contribution in [0.1, 0.15) is 11.1 Å². The summed E-state index contributed by atoms with van der Waals surface area (Å²) in [5.41, 5.74) is 1.91. The molecule has 0 amide bonds. The number of hydrogen-bond donors (Lipinski definition) is 1. The maximum Gasteiger partial charge on any atom is 0.333 e. The lowest BCUT2D eigenvalue weighted by atomic mass is 10.1. The number of benzene rings is 2. The second kappa shape index (κ2) is 7.22. The molecule has 1 atom stereocenters. The first-order valence-corrected chi connectivity index (χ1v) is 7.07. The zero-order valence-corrected chi connectivity index (χ0v) is 12.4. The van der Waals surface area contributed by atoms with Crippen molar-refractivity contribution in [3.63, 3.8) is 0 Å². The molecule has 0 radical (unpaired) electrons. The first-order valence-electron chi connectivity index (χ1n) is 6.28. The Morgan fingerprint density at radius 2 is 1.70 bits per heavy atom. The molecule has 20 heavy (non-hydrogen) atoms. The van der Waals surface area contributed by atoms with Gasteiger partial charge in [-0.1, -0.05) is 58.4 Å². The SMILES string of the molecule is O=C(O)[C@H](Cc1ccc(Br)cc1)OCc1ccccc1. The number of carboxylic acids is 1. The minimum absolute atomic E-state index is 0.300. The smallest absolute Gasteiger partial charge is 0.333 e. The maximum atomic E-state index is 11.3. The zero-order valence-electron chi connectivity index (χ0n) is 10.8. The molecule has 0 saturated carbocycles. The van der Waals surface area contributed by atoms with Crippen LogP contribution in [0.3, 0.4) is 0 Å². The molecule has 4 heteroatoms. The van der Waals surface area contributed by atoms with Crippen LogP contribution in [0, 0.1) is 0 Å². The second-order valence-electron chi connectivity index (χ2n) is 4.45. The van der Waals surface area contributed by atoms with Crippen LogP contribution in [-0.4, -0.2) is 17.2 Å². The van der Waals surface area contributed by atoms with E-state index >= 15 is 0 Å². The van der Waals surface area contributed by atoms with Gasteiger partial charge in [0, 0.05) is 10.9 Å². The van der Waals surface area contributed by atoms with Gasteiger partial charge in [-0.2, -0.15) is 0 Å². The summed E-state index contributed by atoms with van der Waals surface area (Å²) in [6.07, 6.45) is -0.480. The first kappa shape index (κ1) is 14.8. The molecule has 2 aromatic rings. The number of carboxylic acid groups (broad SMARTS) is 1. The Hall–Kier alpha value is -1.65. The van der Waals surface area contributed by atoms with Gasteiger partial charge in [-0.15, -0.1) is 0 Å². The van der Waals surface area contributed by atoms with Crippen LogP contribution in [-0.2, 0) is 22.6 Å². The lowest BCUT2D eigenvalue weighted by Crippen LogP contribution is -2.26. The van der Waals surface area contributed by atoms with Gasteiger partial charge in [-0.05, 0) is 23.3 Å². The van der Waals surface area contributed by atoms with Gasteiger partial charge >= 0.3 is 5.97 Å². The van der Waals surface area contributed by atoms with Gasteiger partial charge in [0.15, 0.2) is 6.10 Å². The largest absolute Gasteiger partial charge is 0.479 e. The number of aliphatic carboxylic acids is 1. The van der Waals surface area contributed by atoms with E-state index in [9.17, 15) is 9.90 Å². The molecule has 0 heterocycles. The minimum Gasteiger partial charge on any atom is -0.479 e. The number of carbonyl (C=O) groups is 1. The molecule has 1 N–H and O–H groups in total. The van der Waals surface area contributed by atoms with Crippen LogP contribution >= 0.6 is 15.9 Å². The molecule has 0 bridgehead atoms. The van der Waals surface area contributed by atoms with E-state index in [2.05, 4.69) is 15.9 Å². The summed E-state index contributed by atoms with van der Waals surface area (Å²) in [6, 6.07) is 17.1. The van der Waals surface area contributed by atoms with E-state index < -0.39 is 12.1 Å². The highest BCUT2D eigenvalue weighted by Crippen LogP contribution is 2.14. The third kappa shape index (κ3) is 4.47. The molecule has 0 spiro atoms. The third-order valence-electron chi connectivity index (χ3n) is 2.90. The molecule has 0 aromatic heterocycles. The Morgan fingerprint density at radius 1 is 1.05 bits per heavy atom. The molecule has 2 aromatic carbocycles. The Labute approximate surface area is 126 Å². The lowest BCUT2D eigenvalue weighted by molar-refractivity contribution is -0.151. The number of rotatable bonds is 6. The molecule has 0 aliphatic heterocycles. The predicted octanol–water partition coefficient (Wildman–Crippen LogP) is 3.66. The van der Waals surface area contributed by atoms with E-state index in [4.69, 9.17) is 4.74 Å². The van der Waals surface area contributed by atoms with E-state index in [1.54, 1.807) is 0 Å². The van der Waals surface area contributed by atoms with Crippen molar-refractivity contribution in [3.05, 3.63) is 70.2 Å². The molecule has 0 aliphatic carbocycles. The Kier molecular flexibility index (Phi) is 5.32. The molecular formula is C16H15BrO3. The first-order chi connectivity index (χ1) is 9.65. The lowest BCUT2D eigenvalue weighted by Gasteiger charge is -2.14. The monoisotopic (exact) mass is 334 g/mol. The van der Waals surface area contributed by atoms with Crippen LogP contribution in [0.4, 0.5) is 0 Å². The molecule has 0 saturated heterocycles. The summed E-state index contributed by atoms with van der Waals surface area (Å²) < 4.78 is 6.48. The predicted molar refractivity (Wildman–Crippen MR) is 80.5 cm³/mol. The highest BCUT2D eigenvalue weighted by atomic mass is 79.9. The van der Waals surface area contributed by atoms with Crippen LogP contribution in [0.2, 0.25) is 0 Å². The molecule has 3 nitrogen and oxygen atoms in total. The van der Waals surface area contributed by atoms with E-state index in [1.807, 2.05) is 54.6 Å². The van der Waals surface area contributed by atoms with Crippen molar-refractivity contribution in [1.29, 1.82) is 0 Å². The van der Waals surface area contributed by atoms with Crippen LogP contribution in [0.15, 0.2) is 59.1 Å². The van der Waals surface area contributed by atoms with Gasteiger partial charge in [-0.25, -0.2) is 4.79 Å². The Morgan fingerprint density at radius 3 is 2.30 bits per heavy atom. The summed E-state index contributed by atoms with van der Waals surface area (Å²) in [6.45, 7) is 0.300. The van der Waals surface area contributed by atoms with Crippen LogP contribution in [0.5, 0.6) is 0 Å². The highest BCUT2D eigenvalue weighted by molar-refractivity contribution is 9.10. The van der Waals surface area contributed by atoms with Crippen LogP contribution in [0.25, 0.3) is 0 Å². The molecule has 2 rings (SSSR count). The van der Waals surface area contributed by atoms with Gasteiger partial charge in [-0.3, -0.25) is 0 Å². The summed E-state index contributed by atoms with van der Waals surface area (Å²) in [5, 5.41) is 9.23. The molecule has 0 fully saturated rings. The number of ether oxygens (including phenoxy) is 1. The summed E-state index contributed by atoms with van der Waals surface area (Å²) in [5.74, 6) is -0.941. The van der Waals surface area contributed by atoms with Crippen molar-refractivity contribution in [2.75, 3.05) is 0 Å². The fourth-order valence-corrected chi connectivity index (χ4v) is 2.09. The van der Waals surface area contributed by atoms with Gasteiger partial charge in [0.05, 0.1) is 6.61 Å². The summed E-state index contributed by atoms with van der Waals surface area (Å²) >= 11 is 3.35. The number of hydrogen-bond acceptors (Lipinski definition) is 2. The molecule has 104 valence electrons. The maximum absolute atomic E-state index is 11.3. The molecular weight excluding hydrogens is 320 g/mol. The summed E-state index contributed by atoms with van der Waals surface area (Å²) in [4.78, 5) is 11.3. The van der Waals surface area contributed by atoms with Crippen molar-refractivity contribution in [3.8, 4) is 0 Å². The average Bonchev–Trinajstić information content (AvgIpc) is 2.46. The second-order valence-corrected chi connectivity index (χ2v) is 5.37. The van der Waals surface area contributed by atoms with Crippen molar-refractivity contribution in [1.82, 2.24) is 0 Å². The normalized spacial score (nSPS) is 12.1. The quantitative estimate of drug-likeness (QED) is 0.876. The molecule has 0 unspecified atom stereocenters. The molecule has 0 aliphatic rings. The number of halogens is 1. The van der Waals surface area contributed by atoms with Gasteiger partial charge < -0.3 is 9.84 Å². The van der Waals surface area contributed by atoms with E-state index in [-0.39, 0.29) is 0 Å². The standard InChI is InChI=1S/C16H15BrO3/c17-14-8-6-12(7-9-14)10-15(16(18)19)20-11-13-4-2-1-3-5-13/h1-9,15H,10-11H2,(H,18,19)/t15-/m0/s1. The van der Waals surface area contributed by atoms with E-state index in [0.717, 1.165) is 15.6 Å². The average molecular weight is 335 g/mol. The zero-order chi connectivity index (χ0) is 14.4. The van der Waals surface area contributed by atoms with E-state index in [1.165, 1.54) is 0 Å². The van der Waals surface area contributed by atoms with Crippen molar-refractivity contribution < 1.29 is 14.6 Å². The Balaban J connectivity index is 1.97. The fraction of sp³-hybridized carbons (Fsp3) is 0.188. The van der Waals surface area contributed by atoms with Gasteiger partial charge in [0.25, 0.3) is 0 Å². The highest BCUT2D eigenvalue weighted by Gasteiger charge is 2.18. The fourth-order valence-electron chi connectivity index (χ4n) is 1.82. The van der Waals surface area contributed by atoms with Gasteiger partial charge in [0.2, 0.25) is 0 Å². The third-order valence-corrected chi connectivity index (χ3v) is 3.43. The Bertz CT molecular complexity index is 552. The van der Waals surface area contributed by atoms with E-state index in [0.29, 0.717) is 13.0 Å². The van der Waals surface area contributed by atoms with Crippen LogP contribution < -0.4 is 0 Å². The van der Waals surface area contributed by atoms with Gasteiger partial charge in [0.1, 0.15) is 0 Å². The summed E-state index contributed by atoms with van der Waals surface area (Å²) in [7, 11) is 0. The van der Waals surface area contributed by atoms with Crippen molar-refractivity contribution in [2.24, 2.45) is 0 Å². The minimum atomic E-state index is -0.941. The topological polar surface area (TPSA) is 46.5 Å². The van der Waals surface area contributed by atoms with Crippen molar-refractivity contribution in [2.45, 2.75) is 19.1 Å².